The van der Waals surface area contributed by atoms with Crippen LogP contribution in [0, 0.1) is 0 Å². The molecular formula is C17H18ClN3. The van der Waals surface area contributed by atoms with Crippen LogP contribution >= 0.6 is 11.6 Å². The number of fused-ring (bicyclic) bond motifs is 1. The minimum Gasteiger partial charge on any atom is -0.330 e. The molecule has 0 unspecified atom stereocenters. The lowest BCUT2D eigenvalue weighted by Gasteiger charge is -2.04. The van der Waals surface area contributed by atoms with Gasteiger partial charge in [-0.25, -0.2) is 4.98 Å². The second kappa shape index (κ2) is 5.88. The molecule has 2 N–H and O–H groups in total. The van der Waals surface area contributed by atoms with Crippen molar-refractivity contribution in [2.24, 2.45) is 5.73 Å². The van der Waals surface area contributed by atoms with Gasteiger partial charge in [0.2, 0.25) is 0 Å². The summed E-state index contributed by atoms with van der Waals surface area (Å²) in [4.78, 5) is 4.75. The monoisotopic (exact) mass is 299 g/mol. The molecule has 108 valence electrons. The third-order valence-electron chi connectivity index (χ3n) is 3.68. The summed E-state index contributed by atoms with van der Waals surface area (Å²) >= 11 is 6.10. The highest BCUT2D eigenvalue weighted by Gasteiger charge is 2.12. The van der Waals surface area contributed by atoms with E-state index < -0.39 is 0 Å². The molecule has 0 saturated carbocycles. The van der Waals surface area contributed by atoms with Crippen molar-refractivity contribution in [3.05, 3.63) is 58.9 Å². The second-order valence-corrected chi connectivity index (χ2v) is 5.51. The smallest absolute Gasteiger partial charge is 0.137 e. The second-order valence-electron chi connectivity index (χ2n) is 5.07. The Bertz CT molecular complexity index is 760. The van der Waals surface area contributed by atoms with Crippen molar-refractivity contribution in [2.45, 2.75) is 19.8 Å². The van der Waals surface area contributed by atoms with Gasteiger partial charge in [0.15, 0.2) is 0 Å². The molecule has 3 rings (SSSR count). The first kappa shape index (κ1) is 14.1. The van der Waals surface area contributed by atoms with Gasteiger partial charge in [0, 0.05) is 11.8 Å². The lowest BCUT2D eigenvalue weighted by atomic mass is 10.1. The van der Waals surface area contributed by atoms with Crippen LogP contribution < -0.4 is 5.73 Å². The fourth-order valence-corrected chi connectivity index (χ4v) is 2.79. The van der Waals surface area contributed by atoms with E-state index in [4.69, 9.17) is 22.3 Å². The highest BCUT2D eigenvalue weighted by molar-refractivity contribution is 6.30. The van der Waals surface area contributed by atoms with Gasteiger partial charge in [-0.1, -0.05) is 42.8 Å². The van der Waals surface area contributed by atoms with Crippen LogP contribution in [0.1, 0.15) is 18.2 Å². The fourth-order valence-electron chi connectivity index (χ4n) is 2.63. The summed E-state index contributed by atoms with van der Waals surface area (Å²) in [5.74, 6) is 0. The van der Waals surface area contributed by atoms with Gasteiger partial charge in [-0.2, -0.15) is 0 Å². The molecule has 1 aromatic carbocycles. The molecule has 0 aliphatic rings. The van der Waals surface area contributed by atoms with Gasteiger partial charge in [-0.3, -0.25) is 0 Å². The highest BCUT2D eigenvalue weighted by Crippen LogP contribution is 2.26. The van der Waals surface area contributed by atoms with Crippen LogP contribution in [-0.4, -0.2) is 15.9 Å². The first-order valence-corrected chi connectivity index (χ1v) is 7.56. The zero-order valence-corrected chi connectivity index (χ0v) is 12.8. The highest BCUT2D eigenvalue weighted by atomic mass is 35.5. The maximum Gasteiger partial charge on any atom is 0.137 e. The number of imidazole rings is 1. The van der Waals surface area contributed by atoms with Gasteiger partial charge in [-0.05, 0) is 37.1 Å². The molecule has 2 aromatic heterocycles. The molecular weight excluding hydrogens is 282 g/mol. The molecule has 0 atom stereocenters. The van der Waals surface area contributed by atoms with Gasteiger partial charge in [0.1, 0.15) is 5.65 Å². The van der Waals surface area contributed by atoms with E-state index in [-0.39, 0.29) is 0 Å². The zero-order valence-electron chi connectivity index (χ0n) is 12.0. The number of aromatic nitrogens is 2. The first-order valence-electron chi connectivity index (χ1n) is 7.18. The summed E-state index contributed by atoms with van der Waals surface area (Å²) < 4.78 is 2.07. The Labute approximate surface area is 129 Å². The summed E-state index contributed by atoms with van der Waals surface area (Å²) in [6, 6.07) is 12.3. The van der Waals surface area contributed by atoms with Gasteiger partial charge in [0.25, 0.3) is 0 Å². The van der Waals surface area contributed by atoms with E-state index in [0.717, 1.165) is 34.8 Å². The molecule has 21 heavy (non-hydrogen) atoms. The Hall–Kier alpha value is -1.84. The first-order chi connectivity index (χ1) is 10.2. The van der Waals surface area contributed by atoms with E-state index >= 15 is 0 Å². The number of rotatable bonds is 4. The zero-order chi connectivity index (χ0) is 14.8. The number of hydrogen-bond donors (Lipinski definition) is 1. The van der Waals surface area contributed by atoms with Crippen LogP contribution in [0.3, 0.4) is 0 Å². The van der Waals surface area contributed by atoms with Crippen LogP contribution in [0.15, 0.2) is 42.6 Å². The summed E-state index contributed by atoms with van der Waals surface area (Å²) in [6.07, 6.45) is 3.73. The summed E-state index contributed by atoms with van der Waals surface area (Å²) in [5, 5.41) is 0.722. The molecule has 0 radical (unpaired) electrons. The van der Waals surface area contributed by atoms with Crippen LogP contribution in [0.25, 0.3) is 16.9 Å². The minimum atomic E-state index is 0.673. The van der Waals surface area contributed by atoms with Crippen LogP contribution in [-0.2, 0) is 12.8 Å². The maximum absolute atomic E-state index is 6.10. The number of benzene rings is 1. The molecule has 3 aromatic rings. The van der Waals surface area contributed by atoms with Crippen molar-refractivity contribution >= 4 is 17.2 Å². The minimum absolute atomic E-state index is 0.673. The third-order valence-corrected chi connectivity index (χ3v) is 3.90. The van der Waals surface area contributed by atoms with Crippen LogP contribution in [0.5, 0.6) is 0 Å². The predicted molar refractivity (Wildman–Crippen MR) is 87.8 cm³/mol. The number of hydrogen-bond acceptors (Lipinski definition) is 2. The molecule has 0 aliphatic heterocycles. The SMILES string of the molecule is CCc1c(-c2ccc(CCN)cc2)nc2ccc(Cl)cn12. The van der Waals surface area contributed by atoms with E-state index in [1.54, 1.807) is 0 Å². The summed E-state index contributed by atoms with van der Waals surface area (Å²) in [7, 11) is 0. The average Bonchev–Trinajstić information content (AvgIpc) is 2.86. The molecule has 2 heterocycles. The van der Waals surface area contributed by atoms with E-state index in [2.05, 4.69) is 35.6 Å². The van der Waals surface area contributed by atoms with E-state index in [0.29, 0.717) is 6.54 Å². The van der Waals surface area contributed by atoms with E-state index in [9.17, 15) is 0 Å². The molecule has 0 fully saturated rings. The molecule has 0 bridgehead atoms. The number of halogens is 1. The van der Waals surface area contributed by atoms with Crippen LogP contribution in [0.2, 0.25) is 5.02 Å². The molecule has 4 heteroatoms. The Morgan fingerprint density at radius 3 is 2.57 bits per heavy atom. The number of nitrogens with two attached hydrogens (primary N) is 1. The Balaban J connectivity index is 2.10. The van der Waals surface area contributed by atoms with Gasteiger partial charge in [-0.15, -0.1) is 0 Å². The number of aryl methyl sites for hydroxylation is 1. The average molecular weight is 300 g/mol. The number of pyridine rings is 1. The lowest BCUT2D eigenvalue weighted by molar-refractivity contribution is 0.968. The molecule has 0 amide bonds. The van der Waals surface area contributed by atoms with Crippen LogP contribution in [0.4, 0.5) is 0 Å². The summed E-state index contributed by atoms with van der Waals surface area (Å²) in [6.45, 7) is 2.81. The third kappa shape index (κ3) is 2.67. The lowest BCUT2D eigenvalue weighted by Crippen LogP contribution is -2.02. The molecule has 0 saturated heterocycles. The van der Waals surface area contributed by atoms with Gasteiger partial charge >= 0.3 is 0 Å². The topological polar surface area (TPSA) is 43.3 Å². The van der Waals surface area contributed by atoms with Gasteiger partial charge in [0.05, 0.1) is 16.4 Å². The Morgan fingerprint density at radius 2 is 1.90 bits per heavy atom. The number of nitrogens with zero attached hydrogens (tertiary/aromatic N) is 2. The Kier molecular flexibility index (Phi) is 3.95. The normalized spacial score (nSPS) is 11.2. The maximum atomic E-state index is 6.10. The summed E-state index contributed by atoms with van der Waals surface area (Å²) in [5.41, 5.74) is 11.1. The van der Waals surface area contributed by atoms with Crippen molar-refractivity contribution in [3.8, 4) is 11.3 Å². The van der Waals surface area contributed by atoms with Crippen molar-refractivity contribution in [1.29, 1.82) is 0 Å². The van der Waals surface area contributed by atoms with Crippen molar-refractivity contribution < 1.29 is 0 Å². The molecule has 3 nitrogen and oxygen atoms in total. The van der Waals surface area contributed by atoms with Gasteiger partial charge < -0.3 is 10.1 Å². The van der Waals surface area contributed by atoms with Crippen molar-refractivity contribution in [3.63, 3.8) is 0 Å². The largest absolute Gasteiger partial charge is 0.330 e. The standard InChI is InChI=1S/C17H18ClN3/c1-2-15-17(13-5-3-12(4-6-13)9-10-19)20-16-8-7-14(18)11-21(15)16/h3-8,11H,2,9-10,19H2,1H3. The van der Waals surface area contributed by atoms with Crippen molar-refractivity contribution in [1.82, 2.24) is 9.38 Å². The molecule has 0 aliphatic carbocycles. The predicted octanol–water partition coefficient (Wildman–Crippen LogP) is 3.72. The molecule has 0 spiro atoms. The quantitative estimate of drug-likeness (QED) is 0.798. The Morgan fingerprint density at radius 1 is 1.14 bits per heavy atom. The fraction of sp³-hybridized carbons (Fsp3) is 0.235. The van der Waals surface area contributed by atoms with Crippen molar-refractivity contribution in [2.75, 3.05) is 6.54 Å². The van der Waals surface area contributed by atoms with E-state index in [1.807, 2.05) is 18.3 Å². The van der Waals surface area contributed by atoms with E-state index in [1.165, 1.54) is 11.3 Å².